The summed E-state index contributed by atoms with van der Waals surface area (Å²) in [6.07, 6.45) is 1.77. The molecule has 0 aliphatic carbocycles. The van der Waals surface area contributed by atoms with Crippen LogP contribution in [-0.4, -0.2) is 41.3 Å². The van der Waals surface area contributed by atoms with Crippen LogP contribution in [0.15, 0.2) is 36.5 Å². The molecule has 0 atom stereocenters. The van der Waals surface area contributed by atoms with Crippen molar-refractivity contribution in [3.8, 4) is 17.0 Å². The molecule has 2 N–H and O–H groups in total. The molecule has 5 nitrogen and oxygen atoms in total. The molecule has 1 fully saturated rings. The van der Waals surface area contributed by atoms with Crippen LogP contribution in [0.1, 0.15) is 0 Å². The van der Waals surface area contributed by atoms with Gasteiger partial charge in [-0.2, -0.15) is 0 Å². The number of nitrogens with one attached hydrogen (secondary N) is 1. The Balaban J connectivity index is 1.91. The molecule has 0 bridgehead atoms. The predicted molar refractivity (Wildman–Crippen MR) is 74.2 cm³/mol. The lowest BCUT2D eigenvalue weighted by Gasteiger charge is -2.27. The number of aromatic hydroxyl groups is 1. The highest BCUT2D eigenvalue weighted by Crippen LogP contribution is 2.22. The molecule has 3 rings (SSSR count). The normalized spacial score (nSPS) is 15.5. The average molecular weight is 256 g/mol. The third-order valence-corrected chi connectivity index (χ3v) is 3.18. The minimum atomic E-state index is 0.250. The SMILES string of the molecule is Oc1cccc(-c2ccnc(N3CCNCC3)n2)c1. The third kappa shape index (κ3) is 2.66. The maximum absolute atomic E-state index is 9.53. The van der Waals surface area contributed by atoms with E-state index < -0.39 is 0 Å². The van der Waals surface area contributed by atoms with E-state index in [1.807, 2.05) is 18.2 Å². The molecule has 0 radical (unpaired) electrons. The van der Waals surface area contributed by atoms with E-state index in [0.29, 0.717) is 0 Å². The van der Waals surface area contributed by atoms with Crippen molar-refractivity contribution in [2.24, 2.45) is 0 Å². The van der Waals surface area contributed by atoms with Crippen LogP contribution in [0.4, 0.5) is 5.95 Å². The number of piperazine rings is 1. The lowest BCUT2D eigenvalue weighted by molar-refractivity contribution is 0.475. The molecule has 1 aliphatic rings. The standard InChI is InChI=1S/C14H16N4O/c19-12-3-1-2-11(10-12)13-4-5-16-14(17-13)18-8-6-15-7-9-18/h1-5,10,15,19H,6-9H2. The topological polar surface area (TPSA) is 61.3 Å². The molecule has 2 aromatic rings. The number of aromatic nitrogens is 2. The van der Waals surface area contributed by atoms with Crippen LogP contribution in [0.2, 0.25) is 0 Å². The zero-order valence-corrected chi connectivity index (χ0v) is 10.6. The fourth-order valence-electron chi connectivity index (χ4n) is 2.19. The Bertz CT molecular complexity index is 567. The molecule has 2 heterocycles. The lowest BCUT2D eigenvalue weighted by atomic mass is 10.1. The number of phenols is 1. The van der Waals surface area contributed by atoms with Gasteiger partial charge in [-0.05, 0) is 18.2 Å². The molecule has 1 saturated heterocycles. The summed E-state index contributed by atoms with van der Waals surface area (Å²) in [5.41, 5.74) is 1.73. The van der Waals surface area contributed by atoms with Gasteiger partial charge in [0, 0.05) is 37.9 Å². The predicted octanol–water partition coefficient (Wildman–Crippen LogP) is 1.26. The van der Waals surface area contributed by atoms with Crippen molar-refractivity contribution in [1.82, 2.24) is 15.3 Å². The van der Waals surface area contributed by atoms with Gasteiger partial charge in [-0.15, -0.1) is 0 Å². The number of phenolic OH excluding ortho intramolecular Hbond substituents is 1. The molecule has 0 saturated carbocycles. The maximum Gasteiger partial charge on any atom is 0.225 e. The molecule has 1 aromatic heterocycles. The number of nitrogens with zero attached hydrogens (tertiary/aromatic N) is 3. The summed E-state index contributed by atoms with van der Waals surface area (Å²) < 4.78 is 0. The number of rotatable bonds is 2. The van der Waals surface area contributed by atoms with Crippen molar-refractivity contribution in [2.45, 2.75) is 0 Å². The first-order valence-corrected chi connectivity index (χ1v) is 6.41. The summed E-state index contributed by atoms with van der Waals surface area (Å²) in [5.74, 6) is 1.00. The van der Waals surface area contributed by atoms with E-state index in [0.717, 1.165) is 43.4 Å². The average Bonchev–Trinajstić information content (AvgIpc) is 2.48. The third-order valence-electron chi connectivity index (χ3n) is 3.18. The van der Waals surface area contributed by atoms with Gasteiger partial charge < -0.3 is 15.3 Å². The van der Waals surface area contributed by atoms with E-state index in [9.17, 15) is 5.11 Å². The maximum atomic E-state index is 9.53. The van der Waals surface area contributed by atoms with E-state index >= 15 is 0 Å². The van der Waals surface area contributed by atoms with Crippen LogP contribution in [0.5, 0.6) is 5.75 Å². The monoisotopic (exact) mass is 256 g/mol. The molecule has 19 heavy (non-hydrogen) atoms. The number of hydrogen-bond acceptors (Lipinski definition) is 5. The summed E-state index contributed by atoms with van der Waals surface area (Å²) in [6, 6.07) is 8.98. The van der Waals surface area contributed by atoms with Gasteiger partial charge in [0.05, 0.1) is 5.69 Å². The van der Waals surface area contributed by atoms with E-state index in [4.69, 9.17) is 0 Å². The Morgan fingerprint density at radius 1 is 1.16 bits per heavy atom. The second kappa shape index (κ2) is 5.24. The molecule has 0 amide bonds. The largest absolute Gasteiger partial charge is 0.508 e. The zero-order valence-electron chi connectivity index (χ0n) is 10.6. The number of benzene rings is 1. The molecule has 98 valence electrons. The van der Waals surface area contributed by atoms with E-state index in [-0.39, 0.29) is 5.75 Å². The highest BCUT2D eigenvalue weighted by Gasteiger charge is 2.13. The van der Waals surface area contributed by atoms with Gasteiger partial charge in [0.2, 0.25) is 5.95 Å². The van der Waals surface area contributed by atoms with Crippen molar-refractivity contribution in [3.05, 3.63) is 36.5 Å². The van der Waals surface area contributed by atoms with Crippen molar-refractivity contribution in [3.63, 3.8) is 0 Å². The van der Waals surface area contributed by atoms with Gasteiger partial charge in [-0.25, -0.2) is 9.97 Å². The minimum absolute atomic E-state index is 0.250. The van der Waals surface area contributed by atoms with E-state index in [2.05, 4.69) is 20.2 Å². The van der Waals surface area contributed by atoms with Gasteiger partial charge in [-0.3, -0.25) is 0 Å². The second-order valence-electron chi connectivity index (χ2n) is 4.53. The Labute approximate surface area is 111 Å². The van der Waals surface area contributed by atoms with Crippen molar-refractivity contribution in [2.75, 3.05) is 31.1 Å². The molecule has 0 spiro atoms. The van der Waals surface area contributed by atoms with Crippen molar-refractivity contribution >= 4 is 5.95 Å². The zero-order chi connectivity index (χ0) is 13.1. The number of hydrogen-bond donors (Lipinski definition) is 2. The summed E-state index contributed by atoms with van der Waals surface area (Å²) in [7, 11) is 0. The first-order valence-electron chi connectivity index (χ1n) is 6.41. The van der Waals surface area contributed by atoms with Crippen LogP contribution >= 0.6 is 0 Å². The van der Waals surface area contributed by atoms with Gasteiger partial charge in [-0.1, -0.05) is 12.1 Å². The second-order valence-corrected chi connectivity index (χ2v) is 4.53. The number of anilines is 1. The van der Waals surface area contributed by atoms with Gasteiger partial charge in [0.25, 0.3) is 0 Å². The minimum Gasteiger partial charge on any atom is -0.508 e. The van der Waals surface area contributed by atoms with Crippen molar-refractivity contribution in [1.29, 1.82) is 0 Å². The van der Waals surface area contributed by atoms with E-state index in [1.165, 1.54) is 0 Å². The molecular weight excluding hydrogens is 240 g/mol. The van der Waals surface area contributed by atoms with Gasteiger partial charge >= 0.3 is 0 Å². The summed E-state index contributed by atoms with van der Waals surface area (Å²) >= 11 is 0. The van der Waals surface area contributed by atoms with Crippen LogP contribution < -0.4 is 10.2 Å². The quantitative estimate of drug-likeness (QED) is 0.847. The molecular formula is C14H16N4O. The highest BCUT2D eigenvalue weighted by atomic mass is 16.3. The fraction of sp³-hybridized carbons (Fsp3) is 0.286. The molecule has 1 aliphatic heterocycles. The first-order chi connectivity index (χ1) is 9.33. The summed E-state index contributed by atoms with van der Waals surface area (Å²) in [5, 5.41) is 12.8. The summed E-state index contributed by atoms with van der Waals surface area (Å²) in [6.45, 7) is 3.76. The Hall–Kier alpha value is -2.14. The fourth-order valence-corrected chi connectivity index (χ4v) is 2.19. The van der Waals surface area contributed by atoms with E-state index in [1.54, 1.807) is 18.3 Å². The van der Waals surface area contributed by atoms with Crippen LogP contribution in [0, 0.1) is 0 Å². The Morgan fingerprint density at radius 3 is 2.79 bits per heavy atom. The lowest BCUT2D eigenvalue weighted by Crippen LogP contribution is -2.44. The Kier molecular flexibility index (Phi) is 3.29. The van der Waals surface area contributed by atoms with Crippen molar-refractivity contribution < 1.29 is 5.11 Å². The molecule has 5 heteroatoms. The summed E-state index contributed by atoms with van der Waals surface area (Å²) in [4.78, 5) is 11.1. The smallest absolute Gasteiger partial charge is 0.225 e. The Morgan fingerprint density at radius 2 is 2.00 bits per heavy atom. The molecule has 0 unspecified atom stereocenters. The van der Waals surface area contributed by atoms with Gasteiger partial charge in [0.15, 0.2) is 0 Å². The molecule has 1 aromatic carbocycles. The van der Waals surface area contributed by atoms with Crippen LogP contribution in [0.3, 0.4) is 0 Å². The van der Waals surface area contributed by atoms with Gasteiger partial charge in [0.1, 0.15) is 5.75 Å². The van der Waals surface area contributed by atoms with Crippen LogP contribution in [0.25, 0.3) is 11.3 Å². The first kappa shape index (κ1) is 11.9. The highest BCUT2D eigenvalue weighted by molar-refractivity contribution is 5.61. The van der Waals surface area contributed by atoms with Crippen LogP contribution in [-0.2, 0) is 0 Å².